The molecule has 1 amide bonds. The molecule has 0 atom stereocenters. The summed E-state index contributed by atoms with van der Waals surface area (Å²) < 4.78 is 0. The van der Waals surface area contributed by atoms with E-state index in [-0.39, 0.29) is 5.91 Å². The number of hydrogen-bond donors (Lipinski definition) is 2. The Hall–Kier alpha value is -3.57. The first-order chi connectivity index (χ1) is 13.7. The molecule has 28 heavy (non-hydrogen) atoms. The Morgan fingerprint density at radius 1 is 1.00 bits per heavy atom. The van der Waals surface area contributed by atoms with Gasteiger partial charge in [0, 0.05) is 35.3 Å². The molecule has 0 aliphatic heterocycles. The molecule has 2 aromatic carbocycles. The maximum absolute atomic E-state index is 12.3. The van der Waals surface area contributed by atoms with Gasteiger partial charge < -0.3 is 11.1 Å². The van der Waals surface area contributed by atoms with E-state index in [0.29, 0.717) is 5.69 Å². The van der Waals surface area contributed by atoms with Crippen molar-refractivity contribution >= 4 is 16.8 Å². The van der Waals surface area contributed by atoms with Crippen molar-refractivity contribution in [3.8, 4) is 22.4 Å². The lowest BCUT2D eigenvalue weighted by atomic mass is 9.96. The maximum Gasteiger partial charge on any atom is 0.270 e. The summed E-state index contributed by atoms with van der Waals surface area (Å²) in [6.45, 7) is 0.748. The predicted octanol–water partition coefficient (Wildman–Crippen LogP) is 3.07. The zero-order chi connectivity index (χ0) is 19.5. The van der Waals surface area contributed by atoms with Gasteiger partial charge in [-0.1, -0.05) is 54.6 Å². The Balaban J connectivity index is 2.01. The van der Waals surface area contributed by atoms with E-state index in [4.69, 9.17) is 4.98 Å². The summed E-state index contributed by atoms with van der Waals surface area (Å²) in [5, 5.41) is 3.39. The van der Waals surface area contributed by atoms with Crippen LogP contribution in [0.15, 0.2) is 72.9 Å². The zero-order valence-electron chi connectivity index (χ0n) is 15.6. The number of nitrogens with zero attached hydrogens (tertiary/aromatic N) is 2. The van der Waals surface area contributed by atoms with E-state index < -0.39 is 0 Å². The number of carbonyl (C=O) groups excluding carboxylic acids is 1. The molecule has 2 heterocycles. The van der Waals surface area contributed by atoms with Crippen LogP contribution in [0, 0.1) is 0 Å². The first-order valence-corrected chi connectivity index (χ1v) is 9.17. The van der Waals surface area contributed by atoms with Crippen LogP contribution in [-0.2, 0) is 6.54 Å². The number of nitrogens with one attached hydrogen (secondary N) is 1. The molecule has 5 nitrogen and oxygen atoms in total. The van der Waals surface area contributed by atoms with Gasteiger partial charge in [-0.05, 0) is 17.7 Å². The molecule has 0 unspecified atom stereocenters. The van der Waals surface area contributed by atoms with Gasteiger partial charge in [0.25, 0.3) is 5.91 Å². The molecule has 0 saturated heterocycles. The summed E-state index contributed by atoms with van der Waals surface area (Å²) >= 11 is 0. The highest BCUT2D eigenvalue weighted by Crippen LogP contribution is 2.34. The van der Waals surface area contributed by atoms with Crippen LogP contribution in [0.3, 0.4) is 0 Å². The second kappa shape index (κ2) is 7.58. The number of rotatable bonds is 4. The summed E-state index contributed by atoms with van der Waals surface area (Å²) in [7, 11) is 1.60. The van der Waals surface area contributed by atoms with E-state index >= 15 is 0 Å². The average molecular weight is 369 g/mol. The topological polar surface area (TPSA) is 82.5 Å². The summed E-state index contributed by atoms with van der Waals surface area (Å²) in [5.74, 6) is -0.223. The van der Waals surface area contributed by atoms with Crippen LogP contribution in [0.5, 0.6) is 0 Å². The van der Waals surface area contributed by atoms with Crippen LogP contribution in [-0.4, -0.2) is 22.9 Å². The van der Waals surface area contributed by atoms with Crippen LogP contribution in [0.1, 0.15) is 16.1 Å². The summed E-state index contributed by atoms with van der Waals surface area (Å²) in [6.07, 6.45) is 1.62. The highest BCUT2D eigenvalue weighted by molar-refractivity contribution is 6.06. The van der Waals surface area contributed by atoms with E-state index in [2.05, 4.69) is 40.3 Å². The molecule has 4 rings (SSSR count). The average Bonchev–Trinajstić information content (AvgIpc) is 2.78. The van der Waals surface area contributed by atoms with Crippen molar-refractivity contribution in [2.24, 2.45) is 0 Å². The minimum atomic E-state index is -0.223. The number of quaternary nitrogens is 1. The Kier molecular flexibility index (Phi) is 4.83. The lowest BCUT2D eigenvalue weighted by molar-refractivity contribution is -0.386. The molecule has 0 fully saturated rings. The smallest absolute Gasteiger partial charge is 0.270 e. The molecule has 0 radical (unpaired) electrons. The largest absolute Gasteiger partial charge is 0.354 e. The SMILES string of the molecule is CNC(=O)c1nccc2nc(-c3ccc(C[NH3+])cc3)c(-c3ccccc3)cc12. The minimum Gasteiger partial charge on any atom is -0.354 e. The number of carbonyl (C=O) groups is 1. The molecule has 4 aromatic rings. The molecule has 4 N–H and O–H groups in total. The van der Waals surface area contributed by atoms with Crippen molar-refractivity contribution in [3.05, 3.63) is 84.2 Å². The molecule has 0 aliphatic carbocycles. The number of amides is 1. The first kappa shape index (κ1) is 17.8. The molecule has 2 aromatic heterocycles. The van der Waals surface area contributed by atoms with Gasteiger partial charge in [0.05, 0.1) is 17.8 Å². The molecule has 5 heteroatoms. The van der Waals surface area contributed by atoms with E-state index in [1.54, 1.807) is 13.2 Å². The fourth-order valence-electron chi connectivity index (χ4n) is 3.28. The fourth-order valence-corrected chi connectivity index (χ4v) is 3.28. The molecular formula is C23H21N4O+. The van der Waals surface area contributed by atoms with Gasteiger partial charge in [0.2, 0.25) is 0 Å². The summed E-state index contributed by atoms with van der Waals surface area (Å²) in [4.78, 5) is 21.5. The number of pyridine rings is 2. The Morgan fingerprint density at radius 3 is 2.43 bits per heavy atom. The van der Waals surface area contributed by atoms with Crippen molar-refractivity contribution in [1.82, 2.24) is 15.3 Å². The van der Waals surface area contributed by atoms with Gasteiger partial charge >= 0.3 is 0 Å². The van der Waals surface area contributed by atoms with Gasteiger partial charge in [0.15, 0.2) is 0 Å². The van der Waals surface area contributed by atoms with Crippen LogP contribution >= 0.6 is 0 Å². The predicted molar refractivity (Wildman–Crippen MR) is 110 cm³/mol. The van der Waals surface area contributed by atoms with E-state index in [9.17, 15) is 4.79 Å². The Morgan fingerprint density at radius 2 is 1.75 bits per heavy atom. The van der Waals surface area contributed by atoms with Crippen molar-refractivity contribution in [3.63, 3.8) is 0 Å². The monoisotopic (exact) mass is 369 g/mol. The van der Waals surface area contributed by atoms with Crippen LogP contribution in [0.2, 0.25) is 0 Å². The first-order valence-electron chi connectivity index (χ1n) is 9.17. The fraction of sp³-hybridized carbons (Fsp3) is 0.0870. The minimum absolute atomic E-state index is 0.223. The highest BCUT2D eigenvalue weighted by atomic mass is 16.1. The normalized spacial score (nSPS) is 10.8. The van der Waals surface area contributed by atoms with Gasteiger partial charge in [-0.15, -0.1) is 0 Å². The van der Waals surface area contributed by atoms with Crippen LogP contribution < -0.4 is 11.1 Å². The van der Waals surface area contributed by atoms with Crippen molar-refractivity contribution in [2.75, 3.05) is 7.05 Å². The molecular weight excluding hydrogens is 348 g/mol. The summed E-state index contributed by atoms with van der Waals surface area (Å²) in [5.41, 5.74) is 10.1. The molecule has 0 spiro atoms. The standard InChI is InChI=1S/C23H20N4O/c1-25-23(28)22-19-13-18(16-5-3-2-4-6-16)21(27-20(19)11-12-26-22)17-9-7-15(14-24)8-10-17/h2-13H,14,24H2,1H3,(H,25,28)/p+1. The highest BCUT2D eigenvalue weighted by Gasteiger charge is 2.16. The maximum atomic E-state index is 12.3. The quantitative estimate of drug-likeness (QED) is 0.580. The van der Waals surface area contributed by atoms with Gasteiger partial charge in [-0.3, -0.25) is 9.78 Å². The van der Waals surface area contributed by atoms with Crippen LogP contribution in [0.4, 0.5) is 0 Å². The number of aromatic nitrogens is 2. The van der Waals surface area contributed by atoms with Gasteiger partial charge in [0.1, 0.15) is 5.69 Å². The second-order valence-electron chi connectivity index (χ2n) is 6.50. The third-order valence-electron chi connectivity index (χ3n) is 4.79. The van der Waals surface area contributed by atoms with Gasteiger partial charge in [-0.25, -0.2) is 4.98 Å². The van der Waals surface area contributed by atoms with Crippen LogP contribution in [0.25, 0.3) is 33.3 Å². The summed E-state index contributed by atoms with van der Waals surface area (Å²) in [6, 6.07) is 22.2. The Bertz CT molecular complexity index is 1140. The van der Waals surface area contributed by atoms with Crippen molar-refractivity contribution < 1.29 is 10.5 Å². The number of fused-ring (bicyclic) bond motifs is 1. The molecule has 138 valence electrons. The van der Waals surface area contributed by atoms with Crippen molar-refractivity contribution in [2.45, 2.75) is 6.54 Å². The number of benzene rings is 2. The third kappa shape index (κ3) is 3.23. The van der Waals surface area contributed by atoms with Crippen molar-refractivity contribution in [1.29, 1.82) is 0 Å². The third-order valence-corrected chi connectivity index (χ3v) is 4.79. The lowest BCUT2D eigenvalue weighted by Crippen LogP contribution is -2.47. The second-order valence-corrected chi connectivity index (χ2v) is 6.50. The van der Waals surface area contributed by atoms with E-state index in [0.717, 1.165) is 39.8 Å². The van der Waals surface area contributed by atoms with E-state index in [1.165, 1.54) is 5.56 Å². The number of hydrogen-bond acceptors (Lipinski definition) is 3. The van der Waals surface area contributed by atoms with E-state index in [1.807, 2.05) is 42.5 Å². The molecule has 0 aliphatic rings. The zero-order valence-corrected chi connectivity index (χ0v) is 15.6. The molecule has 0 saturated carbocycles. The Labute approximate surface area is 163 Å². The lowest BCUT2D eigenvalue weighted by Gasteiger charge is -2.13. The van der Waals surface area contributed by atoms with Gasteiger partial charge in [-0.2, -0.15) is 0 Å². The molecule has 0 bridgehead atoms.